The summed E-state index contributed by atoms with van der Waals surface area (Å²) in [6, 6.07) is 6.19. The zero-order chi connectivity index (χ0) is 16.0. The van der Waals surface area contributed by atoms with Gasteiger partial charge in [-0.1, -0.05) is 0 Å². The molecular weight excluding hydrogens is 288 g/mol. The molecule has 118 valence electrons. The maximum Gasteiger partial charge on any atom is 0.220 e. The number of nitrogens with two attached hydrogens (primary N) is 1. The van der Waals surface area contributed by atoms with E-state index in [0.717, 1.165) is 29.3 Å². The van der Waals surface area contributed by atoms with E-state index >= 15 is 0 Å². The molecule has 6 nitrogen and oxygen atoms in total. The molecule has 0 radical (unpaired) electrons. The smallest absolute Gasteiger partial charge is 0.220 e. The van der Waals surface area contributed by atoms with Crippen LogP contribution in [0.2, 0.25) is 0 Å². The number of rotatable bonds is 4. The van der Waals surface area contributed by atoms with Gasteiger partial charge in [0.05, 0.1) is 17.1 Å². The minimum atomic E-state index is 0.295. The van der Waals surface area contributed by atoms with E-state index in [1.54, 1.807) is 6.20 Å². The molecule has 0 spiro atoms. The third-order valence-electron chi connectivity index (χ3n) is 4.10. The number of hydrogen-bond acceptors (Lipinski definition) is 5. The van der Waals surface area contributed by atoms with Crippen molar-refractivity contribution in [3.8, 4) is 11.4 Å². The van der Waals surface area contributed by atoms with Crippen molar-refractivity contribution in [2.24, 2.45) is 0 Å². The second kappa shape index (κ2) is 5.31. The Morgan fingerprint density at radius 2 is 2.09 bits per heavy atom. The van der Waals surface area contributed by atoms with Gasteiger partial charge in [-0.05, 0) is 50.7 Å². The fourth-order valence-electron chi connectivity index (χ4n) is 2.97. The first-order chi connectivity index (χ1) is 11.1. The first-order valence-electron chi connectivity index (χ1n) is 7.86. The third-order valence-corrected chi connectivity index (χ3v) is 4.10. The van der Waals surface area contributed by atoms with Crippen molar-refractivity contribution < 1.29 is 0 Å². The van der Waals surface area contributed by atoms with Crippen LogP contribution >= 0.6 is 0 Å². The van der Waals surface area contributed by atoms with Crippen LogP contribution in [-0.2, 0) is 6.54 Å². The molecule has 1 fully saturated rings. The van der Waals surface area contributed by atoms with Crippen molar-refractivity contribution in [2.75, 3.05) is 19.8 Å². The van der Waals surface area contributed by atoms with Gasteiger partial charge in [-0.2, -0.15) is 0 Å². The Kier molecular flexibility index (Phi) is 3.27. The quantitative estimate of drug-likeness (QED) is 0.801. The standard InChI is InChI=1S/C17H20N6/c1-22(2)10-11-6-8-23-14(9-11)21-15(12-3-4-12)16(23)13-5-7-19-17(18)20-13/h5-9,12H,3-4,10H2,1-2H3,(H2,18,19,20). The summed E-state index contributed by atoms with van der Waals surface area (Å²) in [5.41, 5.74) is 11.0. The number of anilines is 1. The van der Waals surface area contributed by atoms with E-state index in [0.29, 0.717) is 11.9 Å². The highest BCUT2D eigenvalue weighted by Crippen LogP contribution is 2.44. The van der Waals surface area contributed by atoms with Crippen LogP contribution in [0.4, 0.5) is 5.95 Å². The summed E-state index contributed by atoms with van der Waals surface area (Å²) in [7, 11) is 4.14. The topological polar surface area (TPSA) is 72.3 Å². The van der Waals surface area contributed by atoms with Crippen LogP contribution in [-0.4, -0.2) is 38.3 Å². The van der Waals surface area contributed by atoms with E-state index in [-0.39, 0.29) is 0 Å². The molecule has 0 saturated heterocycles. The predicted octanol–water partition coefficient (Wildman–Crippen LogP) is 2.31. The average Bonchev–Trinajstić information content (AvgIpc) is 3.27. The number of hydrogen-bond donors (Lipinski definition) is 1. The van der Waals surface area contributed by atoms with E-state index in [9.17, 15) is 0 Å². The van der Waals surface area contributed by atoms with Crippen molar-refractivity contribution in [3.05, 3.63) is 41.9 Å². The van der Waals surface area contributed by atoms with Crippen molar-refractivity contribution in [2.45, 2.75) is 25.3 Å². The number of aromatic nitrogens is 4. The minimum Gasteiger partial charge on any atom is -0.368 e. The third kappa shape index (κ3) is 2.66. The molecule has 2 N–H and O–H groups in total. The molecule has 1 saturated carbocycles. The molecule has 3 heterocycles. The second-order valence-electron chi connectivity index (χ2n) is 6.42. The van der Waals surface area contributed by atoms with Gasteiger partial charge >= 0.3 is 0 Å². The van der Waals surface area contributed by atoms with Crippen LogP contribution in [0.1, 0.15) is 30.0 Å². The number of nitrogen functional groups attached to an aromatic ring is 1. The molecular formula is C17H20N6. The first kappa shape index (κ1) is 14.1. The lowest BCUT2D eigenvalue weighted by Gasteiger charge is -2.10. The summed E-state index contributed by atoms with van der Waals surface area (Å²) in [6.07, 6.45) is 6.18. The molecule has 4 rings (SSSR count). The minimum absolute atomic E-state index is 0.295. The van der Waals surface area contributed by atoms with Crippen molar-refractivity contribution in [1.82, 2.24) is 24.3 Å². The van der Waals surface area contributed by atoms with Gasteiger partial charge in [-0.25, -0.2) is 15.0 Å². The maximum absolute atomic E-state index is 5.77. The Labute approximate surface area is 135 Å². The summed E-state index contributed by atoms with van der Waals surface area (Å²) in [4.78, 5) is 15.5. The molecule has 0 aromatic carbocycles. The molecule has 0 amide bonds. The van der Waals surface area contributed by atoms with E-state index in [4.69, 9.17) is 10.7 Å². The Morgan fingerprint density at radius 3 is 2.78 bits per heavy atom. The second-order valence-corrected chi connectivity index (χ2v) is 6.42. The fourth-order valence-corrected chi connectivity index (χ4v) is 2.97. The predicted molar refractivity (Wildman–Crippen MR) is 90.0 cm³/mol. The normalized spacial score (nSPS) is 14.7. The highest BCUT2D eigenvalue weighted by Gasteiger charge is 2.31. The van der Waals surface area contributed by atoms with Crippen molar-refractivity contribution in [1.29, 1.82) is 0 Å². The molecule has 6 heteroatoms. The highest BCUT2D eigenvalue weighted by atomic mass is 15.1. The first-order valence-corrected chi connectivity index (χ1v) is 7.86. The van der Waals surface area contributed by atoms with Crippen LogP contribution in [0, 0.1) is 0 Å². The Hall–Kier alpha value is -2.47. The number of imidazole rings is 1. The highest BCUT2D eigenvalue weighted by molar-refractivity contribution is 5.66. The molecule has 1 aliphatic rings. The van der Waals surface area contributed by atoms with E-state index in [2.05, 4.69) is 51.7 Å². The summed E-state index contributed by atoms with van der Waals surface area (Å²) in [5.74, 6) is 0.835. The Morgan fingerprint density at radius 1 is 1.26 bits per heavy atom. The van der Waals surface area contributed by atoms with Crippen molar-refractivity contribution >= 4 is 11.6 Å². The molecule has 23 heavy (non-hydrogen) atoms. The van der Waals surface area contributed by atoms with Gasteiger partial charge in [0.1, 0.15) is 5.65 Å². The van der Waals surface area contributed by atoms with Crippen LogP contribution in [0.25, 0.3) is 17.0 Å². The largest absolute Gasteiger partial charge is 0.368 e. The summed E-state index contributed by atoms with van der Waals surface area (Å²) >= 11 is 0. The summed E-state index contributed by atoms with van der Waals surface area (Å²) in [6.45, 7) is 0.901. The summed E-state index contributed by atoms with van der Waals surface area (Å²) < 4.78 is 2.12. The maximum atomic E-state index is 5.77. The van der Waals surface area contributed by atoms with Gasteiger partial charge in [0, 0.05) is 24.9 Å². The molecule has 0 atom stereocenters. The van der Waals surface area contributed by atoms with Gasteiger partial charge in [0.15, 0.2) is 0 Å². The molecule has 0 bridgehead atoms. The molecule has 0 aliphatic heterocycles. The van der Waals surface area contributed by atoms with Crippen LogP contribution in [0.15, 0.2) is 30.6 Å². The average molecular weight is 308 g/mol. The summed E-state index contributed by atoms with van der Waals surface area (Å²) in [5, 5.41) is 0. The molecule has 1 aliphatic carbocycles. The SMILES string of the molecule is CN(C)Cc1ccn2c(-c3ccnc(N)n3)c(C3CC3)nc2c1. The molecule has 0 unspecified atom stereocenters. The van der Waals surface area contributed by atoms with Gasteiger partial charge in [0.2, 0.25) is 5.95 Å². The van der Waals surface area contributed by atoms with Crippen LogP contribution in [0.5, 0.6) is 0 Å². The Bertz CT molecular complexity index is 863. The number of pyridine rings is 1. The van der Waals surface area contributed by atoms with Gasteiger partial charge in [0.25, 0.3) is 0 Å². The van der Waals surface area contributed by atoms with Crippen molar-refractivity contribution in [3.63, 3.8) is 0 Å². The van der Waals surface area contributed by atoms with Crippen LogP contribution < -0.4 is 5.73 Å². The lowest BCUT2D eigenvalue weighted by atomic mass is 10.2. The lowest BCUT2D eigenvalue weighted by Crippen LogP contribution is -2.10. The van der Waals surface area contributed by atoms with Gasteiger partial charge in [-0.15, -0.1) is 0 Å². The monoisotopic (exact) mass is 308 g/mol. The molecule has 3 aromatic rings. The van der Waals surface area contributed by atoms with E-state index in [1.165, 1.54) is 18.4 Å². The van der Waals surface area contributed by atoms with Gasteiger partial charge in [-0.3, -0.25) is 4.40 Å². The van der Waals surface area contributed by atoms with E-state index < -0.39 is 0 Å². The fraction of sp³-hybridized carbons (Fsp3) is 0.353. The zero-order valence-corrected chi connectivity index (χ0v) is 13.4. The number of nitrogens with zero attached hydrogens (tertiary/aromatic N) is 5. The van der Waals surface area contributed by atoms with Crippen LogP contribution in [0.3, 0.4) is 0 Å². The lowest BCUT2D eigenvalue weighted by molar-refractivity contribution is 0.402. The Balaban J connectivity index is 1.89. The number of fused-ring (bicyclic) bond motifs is 1. The zero-order valence-electron chi connectivity index (χ0n) is 13.4. The molecule has 3 aromatic heterocycles. The van der Waals surface area contributed by atoms with E-state index in [1.807, 2.05) is 6.07 Å². The van der Waals surface area contributed by atoms with Gasteiger partial charge < -0.3 is 10.6 Å².